The number of hydrogen-bond donors (Lipinski definition) is 1. The second-order valence-electron chi connectivity index (χ2n) is 7.61. The van der Waals surface area contributed by atoms with Crippen molar-refractivity contribution >= 4 is 11.8 Å². The van der Waals surface area contributed by atoms with Gasteiger partial charge < -0.3 is 5.73 Å². The Labute approximate surface area is 204 Å². The summed E-state index contributed by atoms with van der Waals surface area (Å²) in [4.78, 5) is 4.00. The molecule has 2 rings (SSSR count). The summed E-state index contributed by atoms with van der Waals surface area (Å²) in [6, 6.07) is 16.9. The van der Waals surface area contributed by atoms with Crippen LogP contribution in [0.2, 0.25) is 0 Å². The largest absolute Gasteiger partial charge is 0.404 e. The summed E-state index contributed by atoms with van der Waals surface area (Å²) >= 11 is 0. The number of aliphatic imine (C=N–C) groups is 1. The van der Waals surface area contributed by atoms with Gasteiger partial charge in [0.05, 0.1) is 0 Å². The minimum absolute atomic E-state index is 0.884. The number of benzene rings is 2. The fourth-order valence-electron chi connectivity index (χ4n) is 2.21. The molecule has 0 heterocycles. The average molecular weight is 447 g/mol. The van der Waals surface area contributed by atoms with E-state index < -0.39 is 0 Å². The molecule has 2 nitrogen and oxygen atoms in total. The minimum atomic E-state index is 0.884. The molecule has 2 N–H and O–H groups in total. The van der Waals surface area contributed by atoms with Gasteiger partial charge in [0.25, 0.3) is 0 Å². The highest BCUT2D eigenvalue weighted by atomic mass is 14.6. The van der Waals surface area contributed by atoms with E-state index in [-0.39, 0.29) is 0 Å². The topological polar surface area (TPSA) is 38.4 Å². The normalized spacial score (nSPS) is 10.8. The van der Waals surface area contributed by atoms with Gasteiger partial charge in [0, 0.05) is 25.0 Å². The molecule has 0 spiro atoms. The quantitative estimate of drug-likeness (QED) is 0.349. The summed E-state index contributed by atoms with van der Waals surface area (Å²) in [5.41, 5.74) is 12.4. The van der Waals surface area contributed by atoms with E-state index in [0.29, 0.717) is 0 Å². The van der Waals surface area contributed by atoms with Crippen LogP contribution in [0.5, 0.6) is 0 Å². The molecule has 33 heavy (non-hydrogen) atoms. The molecule has 0 saturated heterocycles. The second-order valence-corrected chi connectivity index (χ2v) is 7.61. The van der Waals surface area contributed by atoms with Crippen LogP contribution < -0.4 is 5.73 Å². The van der Waals surface area contributed by atoms with Gasteiger partial charge in [-0.2, -0.15) is 0 Å². The first-order valence-electron chi connectivity index (χ1n) is 11.8. The lowest BCUT2D eigenvalue weighted by molar-refractivity contribution is 0.626. The summed E-state index contributed by atoms with van der Waals surface area (Å²) in [7, 11) is 1.74. The first kappa shape index (κ1) is 32.1. The van der Waals surface area contributed by atoms with Gasteiger partial charge in [-0.15, -0.1) is 0 Å². The van der Waals surface area contributed by atoms with E-state index in [4.69, 9.17) is 5.73 Å². The average Bonchev–Trinajstić information content (AvgIpc) is 2.85. The Morgan fingerprint density at radius 3 is 1.73 bits per heavy atom. The molecule has 0 bridgehead atoms. The zero-order valence-electron chi connectivity index (χ0n) is 22.2. The van der Waals surface area contributed by atoms with Crippen LogP contribution in [0.3, 0.4) is 0 Å². The summed E-state index contributed by atoms with van der Waals surface area (Å²) in [6.45, 7) is 21.8. The van der Waals surface area contributed by atoms with Gasteiger partial charge >= 0.3 is 0 Å². The molecule has 0 saturated carbocycles. The van der Waals surface area contributed by atoms with E-state index in [1.165, 1.54) is 23.1 Å². The van der Waals surface area contributed by atoms with Gasteiger partial charge in [-0.05, 0) is 36.5 Å². The van der Waals surface area contributed by atoms with Crippen LogP contribution in [0.1, 0.15) is 59.1 Å². The van der Waals surface area contributed by atoms with E-state index >= 15 is 0 Å². The Morgan fingerprint density at radius 1 is 0.970 bits per heavy atom. The monoisotopic (exact) mass is 446 g/mol. The van der Waals surface area contributed by atoms with Crippen LogP contribution in [0, 0.1) is 12.8 Å². The number of nitrogens with zero attached hydrogens (tertiary/aromatic N) is 1. The van der Waals surface area contributed by atoms with E-state index in [0.717, 1.165) is 22.6 Å². The number of allylic oxidation sites excluding steroid dienone is 5. The zero-order chi connectivity index (χ0) is 25.6. The SMILES string of the molecule is C=C/C=C(/C)C=C.CC.CCC(C)C.CN=C/C(=C\N)c1ccc(-c2ccc(C)cc2)cc1. The van der Waals surface area contributed by atoms with Gasteiger partial charge in [-0.25, -0.2) is 0 Å². The van der Waals surface area contributed by atoms with Crippen molar-refractivity contribution in [3.63, 3.8) is 0 Å². The first-order valence-corrected chi connectivity index (χ1v) is 11.8. The lowest BCUT2D eigenvalue weighted by Gasteiger charge is -2.05. The molecule has 0 aliphatic heterocycles. The molecule has 180 valence electrons. The van der Waals surface area contributed by atoms with Crippen molar-refractivity contribution in [2.45, 2.75) is 54.9 Å². The Morgan fingerprint density at radius 2 is 1.42 bits per heavy atom. The maximum absolute atomic E-state index is 5.60. The van der Waals surface area contributed by atoms with Crippen molar-refractivity contribution in [3.05, 3.63) is 103 Å². The van der Waals surface area contributed by atoms with E-state index in [1.54, 1.807) is 31.6 Å². The number of hydrogen-bond acceptors (Lipinski definition) is 2. The highest BCUT2D eigenvalue weighted by molar-refractivity contribution is 6.09. The third-order valence-electron chi connectivity index (χ3n) is 4.57. The molecular weight excluding hydrogens is 400 g/mol. The number of rotatable bonds is 6. The van der Waals surface area contributed by atoms with Gasteiger partial charge in [-0.1, -0.05) is 132 Å². The van der Waals surface area contributed by atoms with Crippen LogP contribution in [-0.4, -0.2) is 13.3 Å². The lowest BCUT2D eigenvalue weighted by Crippen LogP contribution is -1.91. The van der Waals surface area contributed by atoms with Gasteiger partial charge in [-0.3, -0.25) is 4.99 Å². The molecule has 2 heteroatoms. The molecule has 0 unspecified atom stereocenters. The smallest absolute Gasteiger partial charge is 0.0301 e. The predicted octanol–water partition coefficient (Wildman–Crippen LogP) is 9.05. The van der Waals surface area contributed by atoms with Crippen molar-refractivity contribution in [2.24, 2.45) is 16.6 Å². The maximum Gasteiger partial charge on any atom is 0.0301 e. The van der Waals surface area contributed by atoms with Crippen molar-refractivity contribution in [3.8, 4) is 11.1 Å². The first-order chi connectivity index (χ1) is 15.8. The van der Waals surface area contributed by atoms with Crippen LogP contribution in [0.15, 0.2) is 96.7 Å². The van der Waals surface area contributed by atoms with Gasteiger partial charge in [0.15, 0.2) is 0 Å². The Kier molecular flexibility index (Phi) is 20.2. The molecular formula is C31H46N2. The predicted molar refractivity (Wildman–Crippen MR) is 154 cm³/mol. The molecule has 0 aliphatic carbocycles. The van der Waals surface area contributed by atoms with E-state index in [1.807, 2.05) is 26.8 Å². The summed E-state index contributed by atoms with van der Waals surface area (Å²) in [5, 5.41) is 0. The summed E-state index contributed by atoms with van der Waals surface area (Å²) < 4.78 is 0. The van der Waals surface area contributed by atoms with Crippen molar-refractivity contribution in [2.75, 3.05) is 7.05 Å². The van der Waals surface area contributed by atoms with Crippen LogP contribution in [-0.2, 0) is 0 Å². The Bertz CT molecular complexity index is 849. The highest BCUT2D eigenvalue weighted by Crippen LogP contribution is 2.22. The van der Waals surface area contributed by atoms with Crippen LogP contribution in [0.25, 0.3) is 16.7 Å². The van der Waals surface area contributed by atoms with E-state index in [9.17, 15) is 0 Å². The van der Waals surface area contributed by atoms with Gasteiger partial charge in [0.1, 0.15) is 0 Å². The molecule has 0 amide bonds. The zero-order valence-corrected chi connectivity index (χ0v) is 22.2. The van der Waals surface area contributed by atoms with Crippen molar-refractivity contribution in [1.82, 2.24) is 0 Å². The minimum Gasteiger partial charge on any atom is -0.404 e. The number of aryl methyl sites for hydroxylation is 1. The third kappa shape index (κ3) is 15.3. The maximum atomic E-state index is 5.60. The Hall–Kier alpha value is -3.13. The summed E-state index contributed by atoms with van der Waals surface area (Å²) in [6.07, 6.45) is 10.1. The standard InChI is InChI=1S/C17H18N2.C7H10.C5H12.C2H6/c1-13-3-5-14(6-4-13)15-7-9-16(10-8-15)17(11-18)12-19-2;1-4-6-7(3)5-2;1-4-5(2)3;1-2/h3-12H,18H2,1-2H3;4-6H,1-2H2,3H3;5H,4H2,1-3H3;1-2H3/b17-11+,19-12?;7-6-;;. The molecule has 0 aliphatic rings. The highest BCUT2D eigenvalue weighted by Gasteiger charge is 2.00. The number of nitrogens with two attached hydrogens (primary N) is 1. The fourth-order valence-corrected chi connectivity index (χ4v) is 2.21. The third-order valence-corrected chi connectivity index (χ3v) is 4.57. The summed E-state index contributed by atoms with van der Waals surface area (Å²) in [5.74, 6) is 0.884. The van der Waals surface area contributed by atoms with Crippen LogP contribution >= 0.6 is 0 Å². The van der Waals surface area contributed by atoms with Crippen molar-refractivity contribution < 1.29 is 0 Å². The van der Waals surface area contributed by atoms with Gasteiger partial charge in [0.2, 0.25) is 0 Å². The fraction of sp³-hybridized carbons (Fsp3) is 0.323. The second kappa shape index (κ2) is 20.8. The van der Waals surface area contributed by atoms with Crippen LogP contribution in [0.4, 0.5) is 0 Å². The van der Waals surface area contributed by atoms with E-state index in [2.05, 4.69) is 94.4 Å². The lowest BCUT2D eigenvalue weighted by atomic mass is 10.0. The van der Waals surface area contributed by atoms with Crippen molar-refractivity contribution in [1.29, 1.82) is 0 Å². The molecule has 0 radical (unpaired) electrons. The molecule has 0 fully saturated rings. The molecule has 2 aromatic carbocycles. The molecule has 0 atom stereocenters. The Balaban J connectivity index is 0. The molecule has 0 aromatic heterocycles. The molecule has 2 aromatic rings.